The maximum atomic E-state index is 12.5. The van der Waals surface area contributed by atoms with Crippen LogP contribution in [0.3, 0.4) is 0 Å². The van der Waals surface area contributed by atoms with Crippen molar-refractivity contribution < 1.29 is 9.21 Å². The Bertz CT molecular complexity index is 934. The third-order valence-electron chi connectivity index (χ3n) is 4.32. The largest absolute Gasteiger partial charge is 0.454 e. The summed E-state index contributed by atoms with van der Waals surface area (Å²) in [6.07, 6.45) is 5.28. The van der Waals surface area contributed by atoms with Gasteiger partial charge in [-0.1, -0.05) is 23.7 Å². The van der Waals surface area contributed by atoms with Crippen LogP contribution in [-0.2, 0) is 13.0 Å². The summed E-state index contributed by atoms with van der Waals surface area (Å²) >= 11 is 9.58. The van der Waals surface area contributed by atoms with Gasteiger partial charge < -0.3 is 9.73 Å². The van der Waals surface area contributed by atoms with Crippen LogP contribution in [-0.4, -0.2) is 15.7 Å². The van der Waals surface area contributed by atoms with E-state index in [-0.39, 0.29) is 11.9 Å². The van der Waals surface area contributed by atoms with Gasteiger partial charge in [0, 0.05) is 11.2 Å². The summed E-state index contributed by atoms with van der Waals surface area (Å²) in [6.45, 7) is 0.473. The average Bonchev–Trinajstić information content (AvgIpc) is 3.30. The molecule has 0 radical (unpaired) electrons. The summed E-state index contributed by atoms with van der Waals surface area (Å²) in [5.74, 6) is 0.762. The van der Waals surface area contributed by atoms with Gasteiger partial charge in [0.2, 0.25) is 0 Å². The first kappa shape index (κ1) is 16.4. The maximum absolute atomic E-state index is 12.5. The highest BCUT2D eigenvalue weighted by Crippen LogP contribution is 2.35. The van der Waals surface area contributed by atoms with Gasteiger partial charge >= 0.3 is 0 Å². The number of carbonyl (C=O) groups excluding carboxylic acids is 1. The molecule has 0 saturated carbocycles. The molecule has 7 heteroatoms. The van der Waals surface area contributed by atoms with Crippen molar-refractivity contribution in [3.63, 3.8) is 0 Å². The highest BCUT2D eigenvalue weighted by molar-refractivity contribution is 9.10. The average molecular weight is 421 g/mol. The fourth-order valence-corrected chi connectivity index (χ4v) is 3.76. The van der Waals surface area contributed by atoms with Crippen LogP contribution in [0.1, 0.15) is 39.9 Å². The Balaban J connectivity index is 1.45. The van der Waals surface area contributed by atoms with E-state index in [1.165, 1.54) is 0 Å². The molecule has 1 aliphatic carbocycles. The third-order valence-corrected chi connectivity index (χ3v) is 5.09. The molecule has 128 valence electrons. The molecule has 1 unspecified atom stereocenters. The van der Waals surface area contributed by atoms with Gasteiger partial charge in [0.25, 0.3) is 5.91 Å². The highest BCUT2D eigenvalue weighted by Gasteiger charge is 2.26. The van der Waals surface area contributed by atoms with E-state index in [4.69, 9.17) is 16.0 Å². The van der Waals surface area contributed by atoms with Crippen LogP contribution in [0.15, 0.2) is 51.6 Å². The van der Waals surface area contributed by atoms with Crippen molar-refractivity contribution in [3.8, 4) is 0 Å². The second kappa shape index (κ2) is 6.69. The lowest BCUT2D eigenvalue weighted by Gasteiger charge is -2.13. The van der Waals surface area contributed by atoms with Crippen molar-refractivity contribution in [1.82, 2.24) is 15.1 Å². The number of benzene rings is 1. The molecule has 25 heavy (non-hydrogen) atoms. The molecule has 1 aromatic carbocycles. The van der Waals surface area contributed by atoms with Crippen molar-refractivity contribution in [3.05, 3.63) is 74.9 Å². The molecule has 1 amide bonds. The Hall–Kier alpha value is -2.05. The molecular formula is C18H15BrClN3O2. The van der Waals surface area contributed by atoms with Gasteiger partial charge in [-0.05, 0) is 58.1 Å². The fraction of sp³-hybridized carbons (Fsp3) is 0.222. The van der Waals surface area contributed by atoms with Crippen molar-refractivity contribution in [2.45, 2.75) is 25.4 Å². The van der Waals surface area contributed by atoms with E-state index < -0.39 is 0 Å². The molecule has 5 nitrogen and oxygen atoms in total. The second-order valence-electron chi connectivity index (χ2n) is 5.99. The van der Waals surface area contributed by atoms with E-state index in [9.17, 15) is 4.79 Å². The minimum Gasteiger partial charge on any atom is -0.454 e. The first-order valence-corrected chi connectivity index (χ1v) is 9.12. The van der Waals surface area contributed by atoms with Crippen LogP contribution in [0.5, 0.6) is 0 Å². The second-order valence-corrected chi connectivity index (χ2v) is 7.32. The van der Waals surface area contributed by atoms with E-state index in [0.29, 0.717) is 18.1 Å². The van der Waals surface area contributed by atoms with E-state index in [0.717, 1.165) is 33.5 Å². The van der Waals surface area contributed by atoms with Crippen LogP contribution in [0.2, 0.25) is 5.02 Å². The van der Waals surface area contributed by atoms with Gasteiger partial charge in [0.15, 0.2) is 5.76 Å². The number of hydrogen-bond acceptors (Lipinski definition) is 3. The van der Waals surface area contributed by atoms with Gasteiger partial charge in [0.05, 0.1) is 23.3 Å². The van der Waals surface area contributed by atoms with Gasteiger partial charge in [0.1, 0.15) is 5.76 Å². The molecule has 0 aliphatic heterocycles. The first-order chi connectivity index (χ1) is 12.1. The zero-order valence-electron chi connectivity index (χ0n) is 13.2. The molecule has 0 bridgehead atoms. The van der Waals surface area contributed by atoms with Gasteiger partial charge in [-0.2, -0.15) is 5.10 Å². The van der Waals surface area contributed by atoms with Crippen molar-refractivity contribution in [2.24, 2.45) is 0 Å². The molecule has 0 fully saturated rings. The summed E-state index contributed by atoms with van der Waals surface area (Å²) in [5, 5.41) is 7.98. The zero-order valence-corrected chi connectivity index (χ0v) is 15.5. The van der Waals surface area contributed by atoms with Gasteiger partial charge in [-0.25, -0.2) is 0 Å². The SMILES string of the molecule is O=C(NC1CCc2c(Cl)cccc21)c1ccc(Cn2cc(Br)cn2)o1. The summed E-state index contributed by atoms with van der Waals surface area (Å²) in [6, 6.07) is 9.27. The topological polar surface area (TPSA) is 60.1 Å². The number of halogens is 2. The number of nitrogens with one attached hydrogen (secondary N) is 1. The molecular weight excluding hydrogens is 406 g/mol. The number of amides is 1. The van der Waals surface area contributed by atoms with Crippen LogP contribution in [0, 0.1) is 0 Å². The summed E-state index contributed by atoms with van der Waals surface area (Å²) in [4.78, 5) is 12.5. The summed E-state index contributed by atoms with van der Waals surface area (Å²) in [7, 11) is 0. The highest BCUT2D eigenvalue weighted by atomic mass is 79.9. The lowest BCUT2D eigenvalue weighted by atomic mass is 10.1. The standard InChI is InChI=1S/C18H15BrClN3O2/c19-11-8-21-23(9-11)10-12-4-7-17(25-12)18(24)22-16-6-5-13-14(16)2-1-3-15(13)20/h1-4,7-9,16H,5-6,10H2,(H,22,24). The number of carbonyl (C=O) groups is 1. The van der Waals surface area contributed by atoms with E-state index >= 15 is 0 Å². The molecule has 3 aromatic rings. The number of furan rings is 1. The Morgan fingerprint density at radius 2 is 2.28 bits per heavy atom. The maximum Gasteiger partial charge on any atom is 0.287 e. The van der Waals surface area contributed by atoms with E-state index in [2.05, 4.69) is 26.3 Å². The third kappa shape index (κ3) is 3.37. The lowest BCUT2D eigenvalue weighted by Crippen LogP contribution is -2.26. The molecule has 0 saturated heterocycles. The molecule has 1 atom stereocenters. The molecule has 1 N–H and O–H groups in total. The normalized spacial score (nSPS) is 16.0. The predicted molar refractivity (Wildman–Crippen MR) is 97.7 cm³/mol. The molecule has 1 aliphatic rings. The minimum atomic E-state index is -0.217. The fourth-order valence-electron chi connectivity index (χ4n) is 3.16. The van der Waals surface area contributed by atoms with Crippen LogP contribution in [0.4, 0.5) is 0 Å². The molecule has 0 spiro atoms. The van der Waals surface area contributed by atoms with Crippen LogP contribution in [0.25, 0.3) is 0 Å². The van der Waals surface area contributed by atoms with Crippen molar-refractivity contribution >= 4 is 33.4 Å². The van der Waals surface area contributed by atoms with Gasteiger partial charge in [-0.3, -0.25) is 9.48 Å². The number of rotatable bonds is 4. The summed E-state index contributed by atoms with van der Waals surface area (Å²) in [5.41, 5.74) is 2.22. The summed E-state index contributed by atoms with van der Waals surface area (Å²) < 4.78 is 8.30. The van der Waals surface area contributed by atoms with E-state index in [1.54, 1.807) is 23.0 Å². The Morgan fingerprint density at radius 3 is 3.08 bits per heavy atom. The van der Waals surface area contributed by atoms with Gasteiger partial charge in [-0.15, -0.1) is 0 Å². The molecule has 2 heterocycles. The quantitative estimate of drug-likeness (QED) is 0.682. The number of hydrogen-bond donors (Lipinski definition) is 1. The van der Waals surface area contributed by atoms with E-state index in [1.807, 2.05) is 24.4 Å². The van der Waals surface area contributed by atoms with Crippen LogP contribution < -0.4 is 5.32 Å². The van der Waals surface area contributed by atoms with Crippen molar-refractivity contribution in [1.29, 1.82) is 0 Å². The number of fused-ring (bicyclic) bond motifs is 1. The van der Waals surface area contributed by atoms with Crippen LogP contribution >= 0.6 is 27.5 Å². The Morgan fingerprint density at radius 1 is 1.40 bits per heavy atom. The molecule has 2 aromatic heterocycles. The number of nitrogens with zero attached hydrogens (tertiary/aromatic N) is 2. The zero-order chi connectivity index (χ0) is 17.4. The number of aromatic nitrogens is 2. The predicted octanol–water partition coefficient (Wildman–Crippen LogP) is 4.36. The monoisotopic (exact) mass is 419 g/mol. The minimum absolute atomic E-state index is 0.0307. The van der Waals surface area contributed by atoms with Crippen molar-refractivity contribution in [2.75, 3.05) is 0 Å². The lowest BCUT2D eigenvalue weighted by molar-refractivity contribution is 0.0906. The first-order valence-electron chi connectivity index (χ1n) is 7.95. The Labute approximate surface area is 158 Å². The smallest absolute Gasteiger partial charge is 0.287 e. The molecule has 4 rings (SSSR count). The Kier molecular flexibility index (Phi) is 4.39.